The van der Waals surface area contributed by atoms with Gasteiger partial charge in [0.05, 0.1) is 19.8 Å². The largest absolute Gasteiger partial charge is 0.491 e. The molecule has 0 N–H and O–H groups in total. The van der Waals surface area contributed by atoms with Crippen molar-refractivity contribution in [2.75, 3.05) is 39.6 Å². The van der Waals surface area contributed by atoms with Crippen LogP contribution in [0, 0.1) is 27.7 Å². The van der Waals surface area contributed by atoms with Gasteiger partial charge in [0.2, 0.25) is 0 Å². The van der Waals surface area contributed by atoms with Crippen LogP contribution < -0.4 is 14.2 Å². The first-order valence-electron chi connectivity index (χ1n) is 18.9. The molecule has 276 valence electrons. The zero-order valence-corrected chi connectivity index (χ0v) is 33.5. The second kappa shape index (κ2) is 22.6. The van der Waals surface area contributed by atoms with E-state index in [0.717, 1.165) is 59.3 Å². The lowest BCUT2D eigenvalue weighted by molar-refractivity contribution is 0.260. The number of aryl methyl sites for hydroxylation is 4. The Kier molecular flexibility index (Phi) is 20.3. The van der Waals surface area contributed by atoms with E-state index in [1.165, 1.54) is 16.7 Å². The first kappa shape index (κ1) is 44.0. The average Bonchev–Trinajstić information content (AvgIpc) is 3.99. The molecule has 49 heavy (non-hydrogen) atoms. The van der Waals surface area contributed by atoms with Gasteiger partial charge in [-0.05, 0) is 85.7 Å². The monoisotopic (exact) mass is 681 g/mol. The van der Waals surface area contributed by atoms with E-state index in [-0.39, 0.29) is 18.3 Å². The summed E-state index contributed by atoms with van der Waals surface area (Å²) in [4.78, 5) is 0. The summed E-state index contributed by atoms with van der Waals surface area (Å²) >= 11 is 0. The minimum atomic E-state index is -0.417. The summed E-state index contributed by atoms with van der Waals surface area (Å²) < 4.78 is 34.3. The second-order valence-electron chi connectivity index (χ2n) is 11.3. The van der Waals surface area contributed by atoms with Crippen LogP contribution in [0.15, 0.2) is 48.5 Å². The van der Waals surface area contributed by atoms with Crippen molar-refractivity contribution in [2.45, 2.75) is 128 Å². The Hall–Kier alpha value is -3.06. The zero-order valence-electron chi connectivity index (χ0n) is 33.5. The molecular formula is C43H68O6. The van der Waals surface area contributed by atoms with Gasteiger partial charge in [-0.1, -0.05) is 106 Å². The molecular weight excluding hydrogens is 612 g/mol. The van der Waals surface area contributed by atoms with Crippen LogP contribution in [0.25, 0.3) is 0 Å². The van der Waals surface area contributed by atoms with Gasteiger partial charge in [-0.25, -0.2) is 0 Å². The van der Waals surface area contributed by atoms with E-state index in [1.54, 1.807) is 0 Å². The van der Waals surface area contributed by atoms with E-state index >= 15 is 0 Å². The van der Waals surface area contributed by atoms with Crippen molar-refractivity contribution in [1.82, 2.24) is 0 Å². The van der Waals surface area contributed by atoms with Crippen molar-refractivity contribution in [2.24, 2.45) is 0 Å². The van der Waals surface area contributed by atoms with Gasteiger partial charge in [-0.2, -0.15) is 0 Å². The number of ether oxygens (including phenoxy) is 6. The topological polar surface area (TPSA) is 65.3 Å². The Bertz CT molecular complexity index is 1270. The van der Waals surface area contributed by atoms with Crippen LogP contribution in [-0.2, 0) is 19.6 Å². The van der Waals surface area contributed by atoms with Crippen molar-refractivity contribution in [3.63, 3.8) is 0 Å². The highest BCUT2D eigenvalue weighted by Crippen LogP contribution is 2.43. The van der Waals surface area contributed by atoms with Crippen molar-refractivity contribution < 1.29 is 28.4 Å². The molecule has 3 aromatic rings. The highest BCUT2D eigenvalue weighted by Gasteiger charge is 2.34. The minimum absolute atomic E-state index is 0.221. The van der Waals surface area contributed by atoms with Crippen LogP contribution in [0.2, 0.25) is 0 Å². The molecule has 0 aliphatic carbocycles. The summed E-state index contributed by atoms with van der Waals surface area (Å²) in [7, 11) is 0. The Morgan fingerprint density at radius 2 is 0.796 bits per heavy atom. The summed E-state index contributed by atoms with van der Waals surface area (Å²) in [5.74, 6) is 2.75. The lowest BCUT2D eigenvalue weighted by Gasteiger charge is -2.34. The van der Waals surface area contributed by atoms with Crippen LogP contribution in [0.1, 0.15) is 115 Å². The predicted octanol–water partition coefficient (Wildman–Crippen LogP) is 10.7. The molecule has 3 heterocycles. The summed E-state index contributed by atoms with van der Waals surface area (Å²) in [6.07, 6.45) is 0.671. The Morgan fingerprint density at radius 1 is 0.490 bits per heavy atom. The number of epoxide rings is 3. The van der Waals surface area contributed by atoms with Crippen LogP contribution in [-0.4, -0.2) is 58.0 Å². The molecule has 3 unspecified atom stereocenters. The first-order chi connectivity index (χ1) is 23.8. The summed E-state index contributed by atoms with van der Waals surface area (Å²) in [6, 6.07) is 17.6. The Morgan fingerprint density at radius 3 is 1.10 bits per heavy atom. The number of benzene rings is 3. The summed E-state index contributed by atoms with van der Waals surface area (Å²) in [5.41, 5.74) is 7.67. The van der Waals surface area contributed by atoms with Gasteiger partial charge < -0.3 is 28.4 Å². The molecule has 0 aromatic heterocycles. The molecule has 6 rings (SSSR count). The van der Waals surface area contributed by atoms with Crippen molar-refractivity contribution in [3.8, 4) is 17.2 Å². The maximum absolute atomic E-state index is 6.16. The Balaban J connectivity index is 0.00000110. The number of hydrogen-bond donors (Lipinski definition) is 0. The molecule has 0 spiro atoms. The fraction of sp³-hybridized carbons (Fsp3) is 0.581. The normalized spacial score (nSPS) is 18.6. The smallest absolute Gasteiger partial charge is 0.125 e. The third-order valence-electron chi connectivity index (χ3n) is 8.01. The molecule has 3 aliphatic heterocycles. The molecule has 3 aromatic carbocycles. The van der Waals surface area contributed by atoms with Crippen LogP contribution in [0.5, 0.6) is 17.2 Å². The van der Waals surface area contributed by atoms with Gasteiger partial charge in [0.1, 0.15) is 55.4 Å². The highest BCUT2D eigenvalue weighted by atomic mass is 16.6. The fourth-order valence-electron chi connectivity index (χ4n) is 5.25. The van der Waals surface area contributed by atoms with Gasteiger partial charge in [-0.3, -0.25) is 0 Å². The van der Waals surface area contributed by atoms with E-state index in [4.69, 9.17) is 28.4 Å². The molecule has 0 radical (unpaired) electrons. The average molecular weight is 681 g/mol. The molecule has 6 nitrogen and oxygen atoms in total. The van der Waals surface area contributed by atoms with E-state index in [9.17, 15) is 0 Å². The Labute approximate surface area is 299 Å². The van der Waals surface area contributed by atoms with Crippen molar-refractivity contribution >= 4 is 0 Å². The molecule has 3 saturated heterocycles. The maximum atomic E-state index is 6.16. The van der Waals surface area contributed by atoms with Gasteiger partial charge >= 0.3 is 0 Å². The zero-order chi connectivity index (χ0) is 37.1. The van der Waals surface area contributed by atoms with Crippen molar-refractivity contribution in [1.29, 1.82) is 0 Å². The standard InChI is InChI=1S/C33H38O6.5C2H6/c1-20-10-24(6-8-30(20)37-17-27-14-34-27)33(5,25-7-9-31(21(2)11-25)38-18-28-15-35-28)26-12-22(3)32(23(4)13-26)39-19-29-16-36-29;5*1-2/h6-13,27-29H,14-19H2,1-5H3;5*1-2H3. The lowest BCUT2D eigenvalue weighted by Crippen LogP contribution is -2.26. The van der Waals surface area contributed by atoms with Crippen LogP contribution in [0.4, 0.5) is 0 Å². The summed E-state index contributed by atoms with van der Waals surface area (Å²) in [5, 5.41) is 0. The van der Waals surface area contributed by atoms with E-state index in [0.29, 0.717) is 19.8 Å². The van der Waals surface area contributed by atoms with Gasteiger partial charge in [0.15, 0.2) is 0 Å². The molecule has 3 aliphatic rings. The minimum Gasteiger partial charge on any atom is -0.491 e. The lowest BCUT2D eigenvalue weighted by atomic mass is 9.70. The quantitative estimate of drug-likeness (QED) is 0.140. The van der Waals surface area contributed by atoms with E-state index in [2.05, 4.69) is 83.1 Å². The highest BCUT2D eigenvalue weighted by molar-refractivity contribution is 5.57. The predicted molar refractivity (Wildman–Crippen MR) is 206 cm³/mol. The van der Waals surface area contributed by atoms with Crippen molar-refractivity contribution in [3.05, 3.63) is 87.5 Å². The molecule has 3 fully saturated rings. The van der Waals surface area contributed by atoms with Crippen LogP contribution in [0.3, 0.4) is 0 Å². The molecule has 0 bridgehead atoms. The van der Waals surface area contributed by atoms with Crippen LogP contribution >= 0.6 is 0 Å². The third kappa shape index (κ3) is 12.6. The molecule has 0 saturated carbocycles. The van der Waals surface area contributed by atoms with Gasteiger partial charge in [0.25, 0.3) is 0 Å². The SMILES string of the molecule is CC.CC.CC.CC.CC.Cc1cc(C(C)(c2ccc(OCC3CO3)c(C)c2)c2cc(C)c(OCC3CO3)c(C)c2)ccc1OCC1CO1. The van der Waals surface area contributed by atoms with Gasteiger partial charge in [0, 0.05) is 5.41 Å². The first-order valence-corrected chi connectivity index (χ1v) is 18.9. The third-order valence-corrected chi connectivity index (χ3v) is 8.01. The number of rotatable bonds is 12. The number of hydrogen-bond acceptors (Lipinski definition) is 6. The molecule has 3 atom stereocenters. The molecule has 0 amide bonds. The van der Waals surface area contributed by atoms with Gasteiger partial charge in [-0.15, -0.1) is 0 Å². The molecule has 6 heteroatoms. The second-order valence-corrected chi connectivity index (χ2v) is 11.3. The van der Waals surface area contributed by atoms with E-state index in [1.807, 2.05) is 69.2 Å². The van der Waals surface area contributed by atoms with E-state index < -0.39 is 5.41 Å². The maximum Gasteiger partial charge on any atom is 0.125 e. The fourth-order valence-corrected chi connectivity index (χ4v) is 5.25. The summed E-state index contributed by atoms with van der Waals surface area (Å²) in [6.45, 7) is 34.9.